The average molecular weight is 866 g/mol. The van der Waals surface area contributed by atoms with Crippen molar-refractivity contribution in [2.45, 2.75) is 41.5 Å². The van der Waals surface area contributed by atoms with Crippen LogP contribution in [-0.4, -0.2) is 43.0 Å². The molecule has 6 aromatic heterocycles. The molecule has 0 saturated heterocycles. The zero-order valence-electron chi connectivity index (χ0n) is 34.3. The maximum absolute atomic E-state index is 10.0. The van der Waals surface area contributed by atoms with Gasteiger partial charge in [0.2, 0.25) is 0 Å². The van der Waals surface area contributed by atoms with Gasteiger partial charge in [0, 0.05) is 87.1 Å². The van der Waals surface area contributed by atoms with Crippen LogP contribution in [0.4, 0.5) is 5.69 Å². The number of ether oxygens (including phenoxy) is 1. The molecule has 298 valence electrons. The van der Waals surface area contributed by atoms with Crippen LogP contribution in [0.5, 0.6) is 5.75 Å². The van der Waals surface area contributed by atoms with E-state index in [-0.39, 0.29) is 19.5 Å². The van der Waals surface area contributed by atoms with E-state index in [1.165, 1.54) is 0 Å². The van der Waals surface area contributed by atoms with Crippen LogP contribution in [0.3, 0.4) is 0 Å². The first-order valence-electron chi connectivity index (χ1n) is 19.4. The van der Waals surface area contributed by atoms with Crippen LogP contribution in [-0.2, 0) is 19.5 Å². The fourth-order valence-corrected chi connectivity index (χ4v) is 5.97. The first-order chi connectivity index (χ1) is 28.5. The number of hydrogen-bond donors (Lipinski definition) is 0. The van der Waals surface area contributed by atoms with Gasteiger partial charge in [-0.2, -0.15) is 5.26 Å². The van der Waals surface area contributed by atoms with E-state index in [0.29, 0.717) is 11.3 Å². The summed E-state index contributed by atoms with van der Waals surface area (Å²) < 4.78 is 6.27. The maximum atomic E-state index is 10.0. The van der Waals surface area contributed by atoms with Crippen LogP contribution < -0.4 is 9.64 Å². The number of aromatic nitrogens is 6. The first kappa shape index (κ1) is 45.0. The molecule has 0 amide bonds. The molecular formula is C49H48N8ORu. The number of rotatable bonds is 7. The Bertz CT molecular complexity index is 2300. The molecule has 0 saturated carbocycles. The zero-order valence-corrected chi connectivity index (χ0v) is 36.0. The number of nitriles is 1. The van der Waals surface area contributed by atoms with E-state index in [1.54, 1.807) is 37.2 Å². The second-order valence-electron chi connectivity index (χ2n) is 12.6. The fourth-order valence-electron chi connectivity index (χ4n) is 5.97. The summed E-state index contributed by atoms with van der Waals surface area (Å²) in [5.41, 5.74) is 10.7. The van der Waals surface area contributed by atoms with Crippen LogP contribution >= 0.6 is 0 Å². The summed E-state index contributed by atoms with van der Waals surface area (Å²) in [7, 11) is 0. The predicted molar refractivity (Wildman–Crippen MR) is 235 cm³/mol. The molecule has 10 heteroatoms. The van der Waals surface area contributed by atoms with E-state index in [0.717, 1.165) is 81.0 Å². The van der Waals surface area contributed by atoms with E-state index in [9.17, 15) is 5.26 Å². The summed E-state index contributed by atoms with van der Waals surface area (Å²) in [4.78, 5) is 27.9. The minimum Gasteiger partial charge on any atom is -0.455 e. The Morgan fingerprint density at radius 2 is 1.05 bits per heavy atom. The van der Waals surface area contributed by atoms with Gasteiger partial charge in [-0.1, -0.05) is 38.1 Å². The summed E-state index contributed by atoms with van der Waals surface area (Å²) >= 11 is 0. The van der Waals surface area contributed by atoms with Crippen molar-refractivity contribution < 1.29 is 24.2 Å². The Morgan fingerprint density at radius 1 is 0.576 bits per heavy atom. The zero-order chi connectivity index (χ0) is 41.1. The van der Waals surface area contributed by atoms with Crippen molar-refractivity contribution in [3.63, 3.8) is 0 Å². The van der Waals surface area contributed by atoms with Gasteiger partial charge in [0.1, 0.15) is 23.2 Å². The minimum atomic E-state index is 0. The Morgan fingerprint density at radius 3 is 1.49 bits per heavy atom. The van der Waals surface area contributed by atoms with E-state index >= 15 is 0 Å². The molecule has 0 unspecified atom stereocenters. The van der Waals surface area contributed by atoms with Gasteiger partial charge in [-0.3, -0.25) is 29.9 Å². The number of benzene rings is 1. The largest absolute Gasteiger partial charge is 0.455 e. The minimum absolute atomic E-state index is 0. The molecule has 1 aromatic carbocycles. The third kappa shape index (κ3) is 12.4. The van der Waals surface area contributed by atoms with Crippen molar-refractivity contribution >= 4 is 16.8 Å². The monoisotopic (exact) mass is 866 g/mol. The number of allylic oxidation sites excluding steroid dienone is 3. The Labute approximate surface area is 361 Å². The van der Waals surface area contributed by atoms with Crippen LogP contribution in [0, 0.1) is 18.3 Å². The summed E-state index contributed by atoms with van der Waals surface area (Å²) in [6, 6.07) is 39.5. The van der Waals surface area contributed by atoms with Gasteiger partial charge in [-0.05, 0) is 135 Å². The molecule has 0 spiro atoms. The van der Waals surface area contributed by atoms with Gasteiger partial charge in [0.15, 0.2) is 0 Å². The van der Waals surface area contributed by atoms with Crippen molar-refractivity contribution in [2.75, 3.05) is 18.0 Å². The predicted octanol–water partition coefficient (Wildman–Crippen LogP) is 11.3. The molecule has 1 aliphatic heterocycles. The van der Waals surface area contributed by atoms with Crippen LogP contribution in [0.15, 0.2) is 164 Å². The summed E-state index contributed by atoms with van der Waals surface area (Å²) in [5.74, 6) is 1.32. The normalized spacial score (nSPS) is 11.6. The molecule has 7 heterocycles. The Hall–Kier alpha value is -6.69. The van der Waals surface area contributed by atoms with Crippen molar-refractivity contribution in [1.29, 1.82) is 5.26 Å². The molecular weight excluding hydrogens is 818 g/mol. The summed E-state index contributed by atoms with van der Waals surface area (Å²) in [5, 5.41) is 10.0. The smallest absolute Gasteiger partial charge is 0.146 e. The number of anilines is 1. The summed E-state index contributed by atoms with van der Waals surface area (Å²) in [6.45, 7) is 14.2. The van der Waals surface area contributed by atoms with E-state index < -0.39 is 0 Å². The number of fused-ring (bicyclic) bond motifs is 1. The topological polar surface area (TPSA) is 114 Å². The molecule has 9 nitrogen and oxygen atoms in total. The van der Waals surface area contributed by atoms with Crippen molar-refractivity contribution in [3.05, 3.63) is 181 Å². The fraction of sp³-hybridized carbons (Fsp3) is 0.163. The molecule has 0 atom stereocenters. The molecule has 59 heavy (non-hydrogen) atoms. The van der Waals surface area contributed by atoms with Crippen LogP contribution in [0.25, 0.3) is 45.3 Å². The second-order valence-corrected chi connectivity index (χ2v) is 12.6. The van der Waals surface area contributed by atoms with Gasteiger partial charge in [-0.25, -0.2) is 0 Å². The maximum Gasteiger partial charge on any atom is 0.146 e. The third-order valence-corrected chi connectivity index (χ3v) is 8.86. The van der Waals surface area contributed by atoms with E-state index in [1.807, 2.05) is 131 Å². The van der Waals surface area contributed by atoms with E-state index in [2.05, 4.69) is 72.9 Å². The molecule has 0 bridgehead atoms. The van der Waals surface area contributed by atoms with Crippen molar-refractivity contribution in [3.8, 4) is 46.0 Å². The van der Waals surface area contributed by atoms with Gasteiger partial charge >= 0.3 is 0 Å². The first-order valence-corrected chi connectivity index (χ1v) is 19.4. The van der Waals surface area contributed by atoms with E-state index in [4.69, 9.17) is 4.74 Å². The van der Waals surface area contributed by atoms with Crippen LogP contribution in [0.2, 0.25) is 0 Å². The quantitative estimate of drug-likeness (QED) is 0.114. The van der Waals surface area contributed by atoms with Gasteiger partial charge in [0.05, 0.1) is 34.2 Å². The third-order valence-electron chi connectivity index (χ3n) is 8.86. The second kappa shape index (κ2) is 23.5. The average Bonchev–Trinajstić information content (AvgIpc) is 3.29. The van der Waals surface area contributed by atoms with Crippen molar-refractivity contribution in [1.82, 2.24) is 29.9 Å². The number of hydrogen-bond acceptors (Lipinski definition) is 9. The van der Waals surface area contributed by atoms with Crippen LogP contribution in [0.1, 0.15) is 51.3 Å². The molecule has 0 aliphatic carbocycles. The molecule has 0 N–H and O–H groups in total. The van der Waals surface area contributed by atoms with Gasteiger partial charge in [0.25, 0.3) is 0 Å². The van der Waals surface area contributed by atoms with Gasteiger partial charge < -0.3 is 9.64 Å². The molecule has 0 radical (unpaired) electrons. The number of aryl methyl sites for hydroxylation is 1. The van der Waals surface area contributed by atoms with Crippen molar-refractivity contribution in [2.24, 2.45) is 0 Å². The standard InChI is InChI=1S/C27H26N4O.2C10H8N2.C2H6.Ru/c1-5-31(6-2)21-7-8-22-19(4)14-26(32-27(22)16-21)23(17-28)20-10-12-30-25(15-20)24-13-18(3)9-11-29-24;2*1-3-7-11-9(5-1)10-6-2-4-8-12-10;1-2;/h7-16H,5-6H2,1-4H3;2*1-8H;1-2H3;/b26-23-;;;;. The number of pyridine rings is 6. The van der Waals surface area contributed by atoms with Gasteiger partial charge in [-0.15, -0.1) is 0 Å². The molecule has 7 aromatic rings. The molecule has 1 aliphatic rings. The Kier molecular flexibility index (Phi) is 17.9. The summed E-state index contributed by atoms with van der Waals surface area (Å²) in [6.07, 6.45) is 12.5. The molecule has 0 fully saturated rings. The number of nitrogens with zero attached hydrogens (tertiary/aromatic N) is 8. The molecule has 8 rings (SSSR count). The SMILES string of the molecule is CC.CCN(CC)c1ccc2c(c1)O/C(=C(/C#N)c1ccnc(-c3cc(C)ccn3)c1)C=C2C.[Ru].c1ccc(-c2ccccn2)nc1.c1ccc(-c2ccccn2)nc1. The Balaban J connectivity index is 0.000000232.